The highest BCUT2D eigenvalue weighted by molar-refractivity contribution is 5.96. The molecule has 2 amide bonds. The maximum absolute atomic E-state index is 12.7. The summed E-state index contributed by atoms with van der Waals surface area (Å²) < 4.78 is 7.28. The Morgan fingerprint density at radius 1 is 0.968 bits per heavy atom. The van der Waals surface area contributed by atoms with E-state index in [-0.39, 0.29) is 12.5 Å². The lowest BCUT2D eigenvalue weighted by atomic mass is 10.1. The van der Waals surface area contributed by atoms with Crippen molar-refractivity contribution in [2.24, 2.45) is 0 Å². The second-order valence-corrected chi connectivity index (χ2v) is 7.96. The number of nitrogens with one attached hydrogen (secondary N) is 2. The van der Waals surface area contributed by atoms with Gasteiger partial charge in [-0.05, 0) is 62.1 Å². The van der Waals surface area contributed by atoms with Gasteiger partial charge in [0.15, 0.2) is 6.61 Å². The van der Waals surface area contributed by atoms with E-state index in [9.17, 15) is 9.59 Å². The topological polar surface area (TPSA) is 85.3 Å². The minimum absolute atomic E-state index is 0.0492. The van der Waals surface area contributed by atoms with Gasteiger partial charge in [-0.15, -0.1) is 0 Å². The summed E-state index contributed by atoms with van der Waals surface area (Å²) in [6.45, 7) is 9.72. The van der Waals surface area contributed by atoms with Crippen LogP contribution in [0, 0.1) is 20.8 Å². The highest BCUT2D eigenvalue weighted by Gasteiger charge is 2.21. The van der Waals surface area contributed by atoms with E-state index in [1.165, 1.54) is 6.20 Å². The van der Waals surface area contributed by atoms with Crippen molar-refractivity contribution in [1.29, 1.82) is 0 Å². The number of carbonyl (C=O) groups is 2. The summed E-state index contributed by atoms with van der Waals surface area (Å²) in [5.41, 5.74) is 10.2. The molecule has 2 aromatic carbocycles. The maximum atomic E-state index is 12.7. The Bertz CT molecular complexity index is 1060. The van der Waals surface area contributed by atoms with Crippen molar-refractivity contribution in [3.8, 4) is 11.4 Å². The molecule has 0 unspecified atom stereocenters. The summed E-state index contributed by atoms with van der Waals surface area (Å²) in [5.74, 6) is -0.222. The second-order valence-electron chi connectivity index (χ2n) is 7.96. The molecule has 2 N–H and O–H groups in total. The molecule has 3 aromatic rings. The number of ether oxygens (including phenoxy) is 1. The van der Waals surface area contributed by atoms with Gasteiger partial charge >= 0.3 is 0 Å². The van der Waals surface area contributed by atoms with Gasteiger partial charge in [0, 0.05) is 0 Å². The summed E-state index contributed by atoms with van der Waals surface area (Å²) in [6.07, 6.45) is 1.52. The van der Waals surface area contributed by atoms with Crippen molar-refractivity contribution in [1.82, 2.24) is 20.6 Å². The molecule has 1 aromatic heterocycles. The van der Waals surface area contributed by atoms with E-state index in [1.54, 1.807) is 4.68 Å². The van der Waals surface area contributed by atoms with E-state index in [4.69, 9.17) is 4.74 Å². The van der Waals surface area contributed by atoms with Gasteiger partial charge in [0.1, 0.15) is 5.75 Å². The largest absolute Gasteiger partial charge is 0.484 e. The number of aromatic nitrogens is 2. The summed E-state index contributed by atoms with van der Waals surface area (Å²) in [6, 6.07) is 13.6. The molecule has 0 atom stereocenters. The quantitative estimate of drug-likeness (QED) is 0.595. The monoisotopic (exact) mass is 420 g/mol. The molecular formula is C24H28N4O3. The zero-order chi connectivity index (χ0) is 22.5. The van der Waals surface area contributed by atoms with Gasteiger partial charge in [-0.2, -0.15) is 5.10 Å². The Morgan fingerprint density at radius 3 is 2.23 bits per heavy atom. The summed E-state index contributed by atoms with van der Waals surface area (Å²) in [5, 5.41) is 4.40. The molecule has 0 fully saturated rings. The molecule has 0 saturated carbocycles. The first-order valence-corrected chi connectivity index (χ1v) is 10.2. The molecule has 162 valence electrons. The van der Waals surface area contributed by atoms with Gasteiger partial charge in [0.25, 0.3) is 11.8 Å². The van der Waals surface area contributed by atoms with Gasteiger partial charge in [-0.25, -0.2) is 4.68 Å². The zero-order valence-electron chi connectivity index (χ0n) is 18.5. The van der Waals surface area contributed by atoms with Crippen LogP contribution in [0.5, 0.6) is 5.75 Å². The Hall–Kier alpha value is -3.61. The molecule has 0 saturated heterocycles. The van der Waals surface area contributed by atoms with Crippen molar-refractivity contribution in [3.05, 3.63) is 76.6 Å². The highest BCUT2D eigenvalue weighted by atomic mass is 16.5. The predicted molar refractivity (Wildman–Crippen MR) is 119 cm³/mol. The number of hydrogen-bond acceptors (Lipinski definition) is 4. The Morgan fingerprint density at radius 2 is 1.61 bits per heavy atom. The van der Waals surface area contributed by atoms with Crippen LogP contribution in [-0.2, 0) is 4.79 Å². The minimum atomic E-state index is -0.454. The molecule has 0 radical (unpaired) electrons. The fourth-order valence-electron chi connectivity index (χ4n) is 3.38. The molecule has 0 aliphatic carbocycles. The lowest BCUT2D eigenvalue weighted by Crippen LogP contribution is -2.44. The number of nitrogens with zero attached hydrogens (tertiary/aromatic N) is 2. The number of hydrogen-bond donors (Lipinski definition) is 2. The summed E-state index contributed by atoms with van der Waals surface area (Å²) in [4.78, 5) is 24.8. The minimum Gasteiger partial charge on any atom is -0.484 e. The Labute approximate surface area is 182 Å². The van der Waals surface area contributed by atoms with Crippen LogP contribution in [0.2, 0.25) is 0 Å². The SMILES string of the molecule is Cc1ccc(-n2ncc(C(=O)NNC(=O)COc3cc(C)cc(C)c3)c2C(C)C)cc1. The summed E-state index contributed by atoms with van der Waals surface area (Å²) in [7, 11) is 0. The van der Waals surface area contributed by atoms with Crippen molar-refractivity contribution in [2.75, 3.05) is 6.61 Å². The van der Waals surface area contributed by atoms with Crippen LogP contribution in [-0.4, -0.2) is 28.2 Å². The number of amides is 2. The molecule has 1 heterocycles. The highest BCUT2D eigenvalue weighted by Crippen LogP contribution is 2.23. The van der Waals surface area contributed by atoms with E-state index >= 15 is 0 Å². The van der Waals surface area contributed by atoms with Crippen LogP contribution >= 0.6 is 0 Å². The van der Waals surface area contributed by atoms with Crippen LogP contribution in [0.25, 0.3) is 5.69 Å². The normalized spacial score (nSPS) is 10.8. The van der Waals surface area contributed by atoms with E-state index in [1.807, 2.05) is 77.1 Å². The molecule has 0 aliphatic rings. The Kier molecular flexibility index (Phi) is 6.74. The number of benzene rings is 2. The van der Waals surface area contributed by atoms with Crippen LogP contribution in [0.15, 0.2) is 48.7 Å². The third kappa shape index (κ3) is 5.51. The first-order valence-electron chi connectivity index (χ1n) is 10.2. The summed E-state index contributed by atoms with van der Waals surface area (Å²) >= 11 is 0. The first kappa shape index (κ1) is 22.1. The molecule has 7 heteroatoms. The fourth-order valence-corrected chi connectivity index (χ4v) is 3.38. The van der Waals surface area contributed by atoms with Gasteiger partial charge in [0.2, 0.25) is 0 Å². The predicted octanol–water partition coefficient (Wildman–Crippen LogP) is 3.76. The van der Waals surface area contributed by atoms with Crippen molar-refractivity contribution in [2.45, 2.75) is 40.5 Å². The molecule has 0 spiro atoms. The number of rotatable bonds is 6. The molecular weight excluding hydrogens is 392 g/mol. The van der Waals surface area contributed by atoms with Crippen LogP contribution < -0.4 is 15.6 Å². The van der Waals surface area contributed by atoms with Gasteiger partial charge in [-0.1, -0.05) is 37.6 Å². The first-order chi connectivity index (χ1) is 14.7. The maximum Gasteiger partial charge on any atom is 0.276 e. The average molecular weight is 421 g/mol. The van der Waals surface area contributed by atoms with Crippen molar-refractivity contribution >= 4 is 11.8 Å². The van der Waals surface area contributed by atoms with E-state index in [0.29, 0.717) is 11.3 Å². The smallest absolute Gasteiger partial charge is 0.276 e. The van der Waals surface area contributed by atoms with Gasteiger partial charge < -0.3 is 4.74 Å². The fraction of sp³-hybridized carbons (Fsp3) is 0.292. The van der Waals surface area contributed by atoms with Crippen LogP contribution in [0.3, 0.4) is 0 Å². The van der Waals surface area contributed by atoms with Gasteiger partial charge in [0.05, 0.1) is 23.1 Å². The lowest BCUT2D eigenvalue weighted by Gasteiger charge is -2.14. The lowest BCUT2D eigenvalue weighted by molar-refractivity contribution is -0.123. The molecule has 0 aliphatic heterocycles. The molecule has 0 bridgehead atoms. The van der Waals surface area contributed by atoms with Crippen LogP contribution in [0.4, 0.5) is 0 Å². The van der Waals surface area contributed by atoms with E-state index in [2.05, 4.69) is 16.0 Å². The van der Waals surface area contributed by atoms with Crippen LogP contribution in [0.1, 0.15) is 52.5 Å². The molecule has 7 nitrogen and oxygen atoms in total. The van der Waals surface area contributed by atoms with Crippen molar-refractivity contribution in [3.63, 3.8) is 0 Å². The van der Waals surface area contributed by atoms with Crippen molar-refractivity contribution < 1.29 is 14.3 Å². The van der Waals surface area contributed by atoms with Gasteiger partial charge in [-0.3, -0.25) is 20.4 Å². The Balaban J connectivity index is 1.64. The number of aryl methyl sites for hydroxylation is 3. The number of hydrazine groups is 1. The van der Waals surface area contributed by atoms with E-state index in [0.717, 1.165) is 28.1 Å². The third-order valence-corrected chi connectivity index (χ3v) is 4.76. The standard InChI is InChI=1S/C24H28N4O3/c1-15(2)23-21(13-25-28(23)19-8-6-16(3)7-9-19)24(30)27-26-22(29)14-31-20-11-17(4)10-18(5)12-20/h6-13,15H,14H2,1-5H3,(H,26,29)(H,27,30). The second kappa shape index (κ2) is 9.47. The van der Waals surface area contributed by atoms with E-state index < -0.39 is 11.8 Å². The molecule has 31 heavy (non-hydrogen) atoms. The number of carbonyl (C=O) groups excluding carboxylic acids is 2. The molecule has 3 rings (SSSR count). The average Bonchev–Trinajstić information content (AvgIpc) is 3.16. The third-order valence-electron chi connectivity index (χ3n) is 4.76. The zero-order valence-corrected chi connectivity index (χ0v) is 18.5.